The van der Waals surface area contributed by atoms with Crippen LogP contribution in [0.2, 0.25) is 0 Å². The Balaban J connectivity index is 1.66. The number of hydrogen-bond acceptors (Lipinski definition) is 1. The molecule has 1 saturated carbocycles. The molecule has 1 N–H and O–H groups in total. The van der Waals surface area contributed by atoms with Crippen molar-refractivity contribution in [2.24, 2.45) is 5.92 Å². The monoisotopic (exact) mass is 179 g/mol. The van der Waals surface area contributed by atoms with Gasteiger partial charge in [0, 0.05) is 6.04 Å². The summed E-state index contributed by atoms with van der Waals surface area (Å²) in [5.74, 6) is 0.982. The van der Waals surface area contributed by atoms with Gasteiger partial charge in [-0.3, -0.25) is 0 Å². The minimum atomic E-state index is 0.689. The molecule has 74 valence electrons. The van der Waals surface area contributed by atoms with Crippen molar-refractivity contribution in [3.05, 3.63) is 12.2 Å². The van der Waals surface area contributed by atoms with Crippen LogP contribution in [0.25, 0.3) is 0 Å². The lowest BCUT2D eigenvalue weighted by molar-refractivity contribution is 0.440. The molecule has 2 rings (SSSR count). The van der Waals surface area contributed by atoms with E-state index >= 15 is 0 Å². The summed E-state index contributed by atoms with van der Waals surface area (Å²) in [6.45, 7) is 1.26. The molecule has 0 aromatic carbocycles. The van der Waals surface area contributed by atoms with Gasteiger partial charge in [-0.15, -0.1) is 0 Å². The van der Waals surface area contributed by atoms with Crippen LogP contribution in [0.15, 0.2) is 12.2 Å². The summed E-state index contributed by atoms with van der Waals surface area (Å²) in [5, 5.41) is 3.68. The average molecular weight is 179 g/mol. The van der Waals surface area contributed by atoms with Gasteiger partial charge in [0.05, 0.1) is 0 Å². The van der Waals surface area contributed by atoms with Crippen molar-refractivity contribution in [2.75, 3.05) is 6.54 Å². The molecule has 13 heavy (non-hydrogen) atoms. The molecule has 1 unspecified atom stereocenters. The fraction of sp³-hybridized carbons (Fsp3) is 0.833. The molecule has 2 aliphatic carbocycles. The van der Waals surface area contributed by atoms with Crippen molar-refractivity contribution >= 4 is 0 Å². The maximum Gasteiger partial charge on any atom is 0.0250 e. The van der Waals surface area contributed by atoms with Crippen molar-refractivity contribution in [3.8, 4) is 0 Å². The van der Waals surface area contributed by atoms with Gasteiger partial charge in [0.1, 0.15) is 0 Å². The van der Waals surface area contributed by atoms with Crippen molar-refractivity contribution < 1.29 is 0 Å². The van der Waals surface area contributed by atoms with E-state index in [2.05, 4.69) is 17.5 Å². The van der Waals surface area contributed by atoms with Crippen LogP contribution in [0.5, 0.6) is 0 Å². The molecule has 1 heteroatoms. The highest BCUT2D eigenvalue weighted by Crippen LogP contribution is 2.24. The third kappa shape index (κ3) is 2.84. The topological polar surface area (TPSA) is 12.0 Å². The zero-order chi connectivity index (χ0) is 8.93. The number of hydrogen-bond donors (Lipinski definition) is 1. The minimum Gasteiger partial charge on any atom is -0.310 e. The molecular weight excluding hydrogens is 158 g/mol. The first kappa shape index (κ1) is 9.26. The van der Waals surface area contributed by atoms with Crippen LogP contribution in [0, 0.1) is 5.92 Å². The Morgan fingerprint density at radius 3 is 2.62 bits per heavy atom. The molecule has 0 amide bonds. The Morgan fingerprint density at radius 1 is 1.08 bits per heavy atom. The van der Waals surface area contributed by atoms with Gasteiger partial charge in [0.2, 0.25) is 0 Å². The summed E-state index contributed by atoms with van der Waals surface area (Å²) >= 11 is 0. The van der Waals surface area contributed by atoms with E-state index in [0.29, 0.717) is 6.04 Å². The molecule has 0 aromatic rings. The molecular formula is C12H21N. The highest BCUT2D eigenvalue weighted by atomic mass is 14.9. The Hall–Kier alpha value is -0.300. The lowest BCUT2D eigenvalue weighted by Gasteiger charge is -2.20. The maximum atomic E-state index is 3.68. The van der Waals surface area contributed by atoms with Crippen LogP contribution < -0.4 is 5.32 Å². The van der Waals surface area contributed by atoms with Crippen LogP contribution in [0.3, 0.4) is 0 Å². The van der Waals surface area contributed by atoms with Gasteiger partial charge in [-0.25, -0.2) is 0 Å². The van der Waals surface area contributed by atoms with E-state index in [1.54, 1.807) is 0 Å². The van der Waals surface area contributed by atoms with Gasteiger partial charge in [-0.05, 0) is 44.6 Å². The molecule has 2 aliphatic rings. The second kappa shape index (κ2) is 4.80. The fourth-order valence-electron chi connectivity index (χ4n) is 2.51. The number of allylic oxidation sites excluding steroid dienone is 1. The Bertz CT molecular complexity index is 168. The summed E-state index contributed by atoms with van der Waals surface area (Å²) in [5.41, 5.74) is 0. The molecule has 0 spiro atoms. The lowest BCUT2D eigenvalue weighted by atomic mass is 10.0. The van der Waals surface area contributed by atoms with E-state index in [0.717, 1.165) is 5.92 Å². The molecule has 0 bridgehead atoms. The summed E-state index contributed by atoms with van der Waals surface area (Å²) in [4.78, 5) is 0. The molecule has 0 aromatic heterocycles. The van der Waals surface area contributed by atoms with Crippen LogP contribution in [0.4, 0.5) is 0 Å². The second-order valence-corrected chi connectivity index (χ2v) is 4.52. The summed E-state index contributed by atoms with van der Waals surface area (Å²) in [6.07, 6.45) is 14.6. The summed E-state index contributed by atoms with van der Waals surface area (Å²) in [6, 6.07) is 0.689. The smallest absolute Gasteiger partial charge is 0.0250 e. The number of rotatable bonds is 3. The quantitative estimate of drug-likeness (QED) is 0.657. The maximum absolute atomic E-state index is 3.68. The van der Waals surface area contributed by atoms with Crippen LogP contribution in [-0.4, -0.2) is 12.6 Å². The predicted octanol–water partition coefficient (Wildman–Crippen LogP) is 2.87. The summed E-state index contributed by atoms with van der Waals surface area (Å²) in [7, 11) is 0. The lowest BCUT2D eigenvalue weighted by Crippen LogP contribution is -2.32. The van der Waals surface area contributed by atoms with Crippen LogP contribution >= 0.6 is 0 Å². The molecule has 1 nitrogen and oxygen atoms in total. The first-order valence-electron chi connectivity index (χ1n) is 5.85. The predicted molar refractivity (Wildman–Crippen MR) is 56.7 cm³/mol. The standard InChI is InChI=1S/C12H21N/c1-2-8-12(9-3-1)13-10-11-6-4-5-7-11/h2,8,11-13H,1,3-7,9-10H2. The molecule has 0 radical (unpaired) electrons. The third-order valence-electron chi connectivity index (χ3n) is 3.40. The van der Waals surface area contributed by atoms with Gasteiger partial charge in [0.15, 0.2) is 0 Å². The van der Waals surface area contributed by atoms with E-state index < -0.39 is 0 Å². The van der Waals surface area contributed by atoms with E-state index in [-0.39, 0.29) is 0 Å². The first-order valence-corrected chi connectivity index (χ1v) is 5.85. The van der Waals surface area contributed by atoms with Crippen LogP contribution in [0.1, 0.15) is 44.9 Å². The normalized spacial score (nSPS) is 29.7. The fourth-order valence-corrected chi connectivity index (χ4v) is 2.51. The summed E-state index contributed by atoms with van der Waals surface area (Å²) < 4.78 is 0. The average Bonchev–Trinajstić information content (AvgIpc) is 2.69. The van der Waals surface area contributed by atoms with Crippen molar-refractivity contribution in [2.45, 2.75) is 51.0 Å². The van der Waals surface area contributed by atoms with E-state index in [9.17, 15) is 0 Å². The van der Waals surface area contributed by atoms with Crippen molar-refractivity contribution in [1.82, 2.24) is 5.32 Å². The zero-order valence-electron chi connectivity index (χ0n) is 8.47. The number of nitrogens with one attached hydrogen (secondary N) is 1. The molecule has 0 saturated heterocycles. The van der Waals surface area contributed by atoms with E-state index in [1.807, 2.05) is 0 Å². The highest BCUT2D eigenvalue weighted by molar-refractivity contribution is 4.97. The molecule has 0 heterocycles. The van der Waals surface area contributed by atoms with Gasteiger partial charge in [-0.2, -0.15) is 0 Å². The van der Waals surface area contributed by atoms with Crippen molar-refractivity contribution in [3.63, 3.8) is 0 Å². The second-order valence-electron chi connectivity index (χ2n) is 4.52. The van der Waals surface area contributed by atoms with Gasteiger partial charge < -0.3 is 5.32 Å². The third-order valence-corrected chi connectivity index (χ3v) is 3.40. The van der Waals surface area contributed by atoms with Gasteiger partial charge in [0.25, 0.3) is 0 Å². The van der Waals surface area contributed by atoms with E-state index in [1.165, 1.54) is 51.5 Å². The molecule has 1 atom stereocenters. The minimum absolute atomic E-state index is 0.689. The Morgan fingerprint density at radius 2 is 1.92 bits per heavy atom. The van der Waals surface area contributed by atoms with Gasteiger partial charge in [-0.1, -0.05) is 25.0 Å². The van der Waals surface area contributed by atoms with Crippen LogP contribution in [-0.2, 0) is 0 Å². The van der Waals surface area contributed by atoms with Gasteiger partial charge >= 0.3 is 0 Å². The molecule has 1 fully saturated rings. The highest BCUT2D eigenvalue weighted by Gasteiger charge is 2.16. The SMILES string of the molecule is C1=CC(NCC2CCCC2)CCC1. The largest absolute Gasteiger partial charge is 0.310 e. The molecule has 0 aliphatic heterocycles. The zero-order valence-corrected chi connectivity index (χ0v) is 8.47. The Labute approximate surface area is 81.6 Å². The first-order chi connectivity index (χ1) is 6.45. The Kier molecular flexibility index (Phi) is 3.42. The van der Waals surface area contributed by atoms with E-state index in [4.69, 9.17) is 0 Å². The van der Waals surface area contributed by atoms with Crippen molar-refractivity contribution in [1.29, 1.82) is 0 Å².